The third kappa shape index (κ3) is 4.84. The number of carbonyl (C=O) groups excluding carboxylic acids is 1. The molecule has 0 radical (unpaired) electrons. The van der Waals surface area contributed by atoms with Crippen LogP contribution in [-0.4, -0.2) is 19.1 Å². The molecule has 0 saturated heterocycles. The standard InChI is InChI=1S/C11H10F4O2/c12-9-3-2-8(7-16)6-10(9)17-5-1-4-11(13,14)15/h2-3,6-7H,1,4-5H2. The Morgan fingerprint density at radius 3 is 2.59 bits per heavy atom. The molecule has 0 unspecified atom stereocenters. The van der Waals surface area contributed by atoms with Gasteiger partial charge in [-0.1, -0.05) is 0 Å². The van der Waals surface area contributed by atoms with Crippen molar-refractivity contribution < 1.29 is 27.1 Å². The summed E-state index contributed by atoms with van der Waals surface area (Å²) in [6.45, 7) is -0.251. The molecule has 1 aromatic rings. The zero-order valence-corrected chi connectivity index (χ0v) is 8.76. The first-order chi connectivity index (χ1) is 7.92. The summed E-state index contributed by atoms with van der Waals surface area (Å²) in [5.41, 5.74) is 0.206. The summed E-state index contributed by atoms with van der Waals surface area (Å²) in [4.78, 5) is 10.4. The molecule has 0 saturated carbocycles. The fraction of sp³-hybridized carbons (Fsp3) is 0.364. The van der Waals surface area contributed by atoms with Crippen molar-refractivity contribution in [3.8, 4) is 5.75 Å². The van der Waals surface area contributed by atoms with Crippen molar-refractivity contribution in [2.75, 3.05) is 6.61 Å². The molecular formula is C11H10F4O2. The maximum Gasteiger partial charge on any atom is 0.389 e. The summed E-state index contributed by atoms with van der Waals surface area (Å²) >= 11 is 0. The van der Waals surface area contributed by atoms with E-state index < -0.39 is 18.4 Å². The van der Waals surface area contributed by atoms with Crippen molar-refractivity contribution in [3.05, 3.63) is 29.6 Å². The second-order valence-corrected chi connectivity index (χ2v) is 3.37. The third-order valence-electron chi connectivity index (χ3n) is 1.95. The lowest BCUT2D eigenvalue weighted by Gasteiger charge is -2.09. The normalized spacial score (nSPS) is 11.3. The molecule has 17 heavy (non-hydrogen) atoms. The number of benzene rings is 1. The minimum absolute atomic E-state index is 0.206. The Balaban J connectivity index is 2.48. The lowest BCUT2D eigenvalue weighted by molar-refractivity contribution is -0.136. The minimum Gasteiger partial charge on any atom is -0.490 e. The summed E-state index contributed by atoms with van der Waals surface area (Å²) in [6, 6.07) is 3.43. The number of halogens is 4. The molecule has 1 rings (SSSR count). The van der Waals surface area contributed by atoms with Gasteiger partial charge in [-0.25, -0.2) is 4.39 Å². The number of ether oxygens (including phenoxy) is 1. The monoisotopic (exact) mass is 250 g/mol. The number of alkyl halides is 3. The number of hydrogen-bond acceptors (Lipinski definition) is 2. The van der Waals surface area contributed by atoms with Crippen LogP contribution in [0, 0.1) is 5.82 Å². The Morgan fingerprint density at radius 2 is 2.00 bits per heavy atom. The fourth-order valence-electron chi connectivity index (χ4n) is 1.16. The van der Waals surface area contributed by atoms with E-state index in [9.17, 15) is 22.4 Å². The second kappa shape index (κ2) is 5.65. The Bertz CT molecular complexity index is 388. The van der Waals surface area contributed by atoms with Crippen LogP contribution in [-0.2, 0) is 0 Å². The van der Waals surface area contributed by atoms with Crippen LogP contribution in [0.15, 0.2) is 18.2 Å². The minimum atomic E-state index is -4.24. The molecule has 1 aromatic carbocycles. The Hall–Kier alpha value is -1.59. The van der Waals surface area contributed by atoms with Crippen molar-refractivity contribution >= 4 is 6.29 Å². The Morgan fingerprint density at radius 1 is 1.29 bits per heavy atom. The van der Waals surface area contributed by atoms with Gasteiger partial charge in [0.15, 0.2) is 11.6 Å². The van der Waals surface area contributed by atoms with Crippen LogP contribution >= 0.6 is 0 Å². The van der Waals surface area contributed by atoms with Crippen LogP contribution in [0.25, 0.3) is 0 Å². The van der Waals surface area contributed by atoms with Gasteiger partial charge >= 0.3 is 6.18 Å². The summed E-state index contributed by atoms with van der Waals surface area (Å²) in [5, 5.41) is 0. The topological polar surface area (TPSA) is 26.3 Å². The molecule has 0 heterocycles. The Labute approximate surface area is 95.2 Å². The maximum atomic E-state index is 13.1. The van der Waals surface area contributed by atoms with E-state index in [1.54, 1.807) is 0 Å². The van der Waals surface area contributed by atoms with Gasteiger partial charge in [-0.2, -0.15) is 13.2 Å². The van der Waals surface area contributed by atoms with Gasteiger partial charge in [0.05, 0.1) is 6.61 Å². The average molecular weight is 250 g/mol. The van der Waals surface area contributed by atoms with E-state index in [0.29, 0.717) is 6.29 Å². The summed E-state index contributed by atoms with van der Waals surface area (Å²) in [6.07, 6.45) is -4.98. The van der Waals surface area contributed by atoms with Crippen molar-refractivity contribution in [3.63, 3.8) is 0 Å². The molecule has 0 fully saturated rings. The molecule has 0 aromatic heterocycles. The highest BCUT2D eigenvalue weighted by atomic mass is 19.4. The second-order valence-electron chi connectivity index (χ2n) is 3.37. The average Bonchev–Trinajstić information content (AvgIpc) is 2.25. The maximum absolute atomic E-state index is 13.1. The first-order valence-corrected chi connectivity index (χ1v) is 4.86. The molecule has 6 heteroatoms. The van der Waals surface area contributed by atoms with Crippen LogP contribution in [0.3, 0.4) is 0 Å². The highest BCUT2D eigenvalue weighted by molar-refractivity contribution is 5.75. The van der Waals surface area contributed by atoms with Gasteiger partial charge in [-0.15, -0.1) is 0 Å². The Kier molecular flexibility index (Phi) is 4.48. The highest BCUT2D eigenvalue weighted by Gasteiger charge is 2.26. The molecule has 0 aliphatic heterocycles. The van der Waals surface area contributed by atoms with Gasteiger partial charge < -0.3 is 4.74 Å². The first kappa shape index (κ1) is 13.5. The van der Waals surface area contributed by atoms with Crippen LogP contribution in [0.4, 0.5) is 17.6 Å². The molecule has 0 aliphatic rings. The lowest BCUT2D eigenvalue weighted by atomic mass is 10.2. The predicted molar refractivity (Wildman–Crippen MR) is 52.6 cm³/mol. The largest absolute Gasteiger partial charge is 0.490 e. The molecular weight excluding hydrogens is 240 g/mol. The molecule has 0 amide bonds. The van der Waals surface area contributed by atoms with Crippen molar-refractivity contribution in [1.82, 2.24) is 0 Å². The predicted octanol–water partition coefficient (Wildman–Crippen LogP) is 3.36. The van der Waals surface area contributed by atoms with Crippen LogP contribution in [0.1, 0.15) is 23.2 Å². The van der Waals surface area contributed by atoms with Crippen molar-refractivity contribution in [2.24, 2.45) is 0 Å². The zero-order valence-electron chi connectivity index (χ0n) is 8.76. The molecule has 0 bridgehead atoms. The van der Waals surface area contributed by atoms with Gasteiger partial charge in [-0.05, 0) is 24.6 Å². The van der Waals surface area contributed by atoms with E-state index in [0.717, 1.165) is 12.1 Å². The number of aldehydes is 1. The number of rotatable bonds is 5. The number of carbonyl (C=O) groups is 1. The third-order valence-corrected chi connectivity index (χ3v) is 1.95. The van der Waals surface area contributed by atoms with E-state index in [-0.39, 0.29) is 24.3 Å². The summed E-state index contributed by atoms with van der Waals surface area (Å²) in [7, 11) is 0. The van der Waals surface area contributed by atoms with Gasteiger partial charge in [0.1, 0.15) is 6.29 Å². The van der Waals surface area contributed by atoms with E-state index in [4.69, 9.17) is 4.74 Å². The highest BCUT2D eigenvalue weighted by Crippen LogP contribution is 2.22. The van der Waals surface area contributed by atoms with E-state index >= 15 is 0 Å². The van der Waals surface area contributed by atoms with Gasteiger partial charge in [-0.3, -0.25) is 4.79 Å². The van der Waals surface area contributed by atoms with Crippen molar-refractivity contribution in [1.29, 1.82) is 0 Å². The quantitative estimate of drug-likeness (QED) is 0.455. The number of hydrogen-bond donors (Lipinski definition) is 0. The van der Waals surface area contributed by atoms with Crippen molar-refractivity contribution in [2.45, 2.75) is 19.0 Å². The van der Waals surface area contributed by atoms with E-state index in [1.165, 1.54) is 6.07 Å². The molecule has 0 aliphatic carbocycles. The summed E-state index contributed by atoms with van der Waals surface area (Å²) < 4.78 is 53.4. The van der Waals surface area contributed by atoms with Crippen LogP contribution < -0.4 is 4.74 Å². The smallest absolute Gasteiger partial charge is 0.389 e. The lowest BCUT2D eigenvalue weighted by Crippen LogP contribution is -2.10. The molecule has 0 atom stereocenters. The summed E-state index contributed by atoms with van der Waals surface area (Å²) in [5.74, 6) is -0.917. The molecule has 94 valence electrons. The van der Waals surface area contributed by atoms with Crippen LogP contribution in [0.5, 0.6) is 5.75 Å². The molecule has 2 nitrogen and oxygen atoms in total. The first-order valence-electron chi connectivity index (χ1n) is 4.86. The van der Waals surface area contributed by atoms with E-state index in [1.807, 2.05) is 0 Å². The molecule has 0 N–H and O–H groups in total. The van der Waals surface area contributed by atoms with Crippen LogP contribution in [0.2, 0.25) is 0 Å². The molecule has 0 spiro atoms. The zero-order chi connectivity index (χ0) is 12.9. The van der Waals surface area contributed by atoms with Gasteiger partial charge in [0, 0.05) is 12.0 Å². The SMILES string of the molecule is O=Cc1ccc(F)c(OCCCC(F)(F)F)c1. The van der Waals surface area contributed by atoms with Gasteiger partial charge in [0.2, 0.25) is 0 Å². The fourth-order valence-corrected chi connectivity index (χ4v) is 1.16. The van der Waals surface area contributed by atoms with Gasteiger partial charge in [0.25, 0.3) is 0 Å². The van der Waals surface area contributed by atoms with E-state index in [2.05, 4.69) is 0 Å².